The maximum Gasteiger partial charge on any atom is -0.00518 e. The highest BCUT2D eigenvalue weighted by molar-refractivity contribution is 4.69. The van der Waals surface area contributed by atoms with E-state index in [-0.39, 0.29) is 0 Å². The average molecular weight is 157 g/mol. The molecule has 0 bridgehead atoms. The standard InChI is InChI=1S/C10H23N/c1-9(10(2,3)4)7-6-8-11-5/h9,11H,6-8H2,1-5H3. The summed E-state index contributed by atoms with van der Waals surface area (Å²) in [6.45, 7) is 10.4. The van der Waals surface area contributed by atoms with Gasteiger partial charge in [-0.05, 0) is 37.8 Å². The van der Waals surface area contributed by atoms with Crippen molar-refractivity contribution in [2.75, 3.05) is 13.6 Å². The molecule has 0 aromatic rings. The van der Waals surface area contributed by atoms with Crippen LogP contribution in [-0.4, -0.2) is 13.6 Å². The fraction of sp³-hybridized carbons (Fsp3) is 1.00. The minimum Gasteiger partial charge on any atom is -0.320 e. The minimum absolute atomic E-state index is 0.480. The number of hydrogen-bond acceptors (Lipinski definition) is 1. The van der Waals surface area contributed by atoms with Crippen LogP contribution in [0.5, 0.6) is 0 Å². The van der Waals surface area contributed by atoms with E-state index in [0.29, 0.717) is 5.41 Å². The highest BCUT2D eigenvalue weighted by Gasteiger charge is 2.18. The normalized spacial score (nSPS) is 15.0. The largest absolute Gasteiger partial charge is 0.320 e. The van der Waals surface area contributed by atoms with Crippen molar-refractivity contribution in [3.63, 3.8) is 0 Å². The van der Waals surface area contributed by atoms with E-state index in [4.69, 9.17) is 0 Å². The Kier molecular flexibility index (Phi) is 4.74. The van der Waals surface area contributed by atoms with Crippen molar-refractivity contribution in [2.45, 2.75) is 40.5 Å². The molecule has 0 aromatic heterocycles. The van der Waals surface area contributed by atoms with Gasteiger partial charge in [0, 0.05) is 0 Å². The predicted octanol–water partition coefficient (Wildman–Crippen LogP) is 2.67. The molecule has 0 rings (SSSR count). The Balaban J connectivity index is 3.44. The topological polar surface area (TPSA) is 12.0 Å². The van der Waals surface area contributed by atoms with Crippen LogP contribution in [0.2, 0.25) is 0 Å². The predicted molar refractivity (Wildman–Crippen MR) is 51.8 cm³/mol. The highest BCUT2D eigenvalue weighted by atomic mass is 14.8. The average Bonchev–Trinajstić information content (AvgIpc) is 1.86. The number of nitrogens with one attached hydrogen (secondary N) is 1. The van der Waals surface area contributed by atoms with E-state index in [0.717, 1.165) is 12.5 Å². The van der Waals surface area contributed by atoms with Gasteiger partial charge in [0.05, 0.1) is 0 Å². The van der Waals surface area contributed by atoms with Crippen LogP contribution in [0.4, 0.5) is 0 Å². The SMILES string of the molecule is CNCCCC(C)C(C)(C)C. The van der Waals surface area contributed by atoms with Gasteiger partial charge < -0.3 is 5.32 Å². The molecule has 0 saturated carbocycles. The fourth-order valence-corrected chi connectivity index (χ4v) is 1.02. The third-order valence-electron chi connectivity index (χ3n) is 2.54. The molecule has 1 nitrogen and oxygen atoms in total. The van der Waals surface area contributed by atoms with Gasteiger partial charge in [0.25, 0.3) is 0 Å². The fourth-order valence-electron chi connectivity index (χ4n) is 1.02. The molecule has 0 aliphatic heterocycles. The Labute approximate surface area is 71.6 Å². The van der Waals surface area contributed by atoms with E-state index in [2.05, 4.69) is 33.0 Å². The monoisotopic (exact) mass is 157 g/mol. The molecular formula is C10H23N. The first-order valence-corrected chi connectivity index (χ1v) is 4.63. The second kappa shape index (κ2) is 4.76. The lowest BCUT2D eigenvalue weighted by Crippen LogP contribution is -2.19. The smallest absolute Gasteiger partial charge is 0.00518 e. The highest BCUT2D eigenvalue weighted by Crippen LogP contribution is 2.28. The zero-order chi connectivity index (χ0) is 8.91. The van der Waals surface area contributed by atoms with Crippen molar-refractivity contribution in [3.05, 3.63) is 0 Å². The van der Waals surface area contributed by atoms with Crippen LogP contribution in [0.25, 0.3) is 0 Å². The maximum absolute atomic E-state index is 3.17. The van der Waals surface area contributed by atoms with Gasteiger partial charge in [0.2, 0.25) is 0 Å². The van der Waals surface area contributed by atoms with E-state index in [9.17, 15) is 0 Å². The summed E-state index contributed by atoms with van der Waals surface area (Å²) in [5.41, 5.74) is 0.480. The Morgan fingerprint density at radius 3 is 2.18 bits per heavy atom. The summed E-state index contributed by atoms with van der Waals surface area (Å²) in [6, 6.07) is 0. The molecule has 0 fully saturated rings. The van der Waals surface area contributed by atoms with Crippen LogP contribution in [0.3, 0.4) is 0 Å². The summed E-state index contributed by atoms with van der Waals surface area (Å²) in [5.74, 6) is 0.829. The van der Waals surface area contributed by atoms with E-state index in [1.165, 1.54) is 12.8 Å². The molecule has 1 heteroatoms. The third-order valence-corrected chi connectivity index (χ3v) is 2.54. The van der Waals surface area contributed by atoms with Gasteiger partial charge in [0.15, 0.2) is 0 Å². The lowest BCUT2D eigenvalue weighted by atomic mass is 9.79. The molecule has 0 amide bonds. The Hall–Kier alpha value is -0.0400. The van der Waals surface area contributed by atoms with Crippen molar-refractivity contribution in [1.82, 2.24) is 5.32 Å². The van der Waals surface area contributed by atoms with E-state index < -0.39 is 0 Å². The van der Waals surface area contributed by atoms with Gasteiger partial charge in [-0.2, -0.15) is 0 Å². The van der Waals surface area contributed by atoms with Crippen molar-refractivity contribution in [1.29, 1.82) is 0 Å². The van der Waals surface area contributed by atoms with Gasteiger partial charge in [0.1, 0.15) is 0 Å². The molecule has 0 aliphatic carbocycles. The van der Waals surface area contributed by atoms with Crippen molar-refractivity contribution in [2.24, 2.45) is 11.3 Å². The molecule has 0 saturated heterocycles. The van der Waals surface area contributed by atoms with Crippen molar-refractivity contribution in [3.8, 4) is 0 Å². The molecule has 1 atom stereocenters. The lowest BCUT2D eigenvalue weighted by molar-refractivity contribution is 0.242. The zero-order valence-electron chi connectivity index (χ0n) is 8.70. The molecule has 68 valence electrons. The summed E-state index contributed by atoms with van der Waals surface area (Å²) >= 11 is 0. The summed E-state index contributed by atoms with van der Waals surface area (Å²) in [5, 5.41) is 3.17. The first kappa shape index (κ1) is 11.0. The van der Waals surface area contributed by atoms with Gasteiger partial charge >= 0.3 is 0 Å². The summed E-state index contributed by atoms with van der Waals surface area (Å²) in [6.07, 6.45) is 2.64. The van der Waals surface area contributed by atoms with Crippen molar-refractivity contribution >= 4 is 0 Å². The first-order valence-electron chi connectivity index (χ1n) is 4.63. The van der Waals surface area contributed by atoms with Crippen LogP contribution in [0.15, 0.2) is 0 Å². The van der Waals surface area contributed by atoms with Crippen LogP contribution < -0.4 is 5.32 Å². The van der Waals surface area contributed by atoms with Crippen LogP contribution in [0, 0.1) is 11.3 Å². The molecule has 1 N–H and O–H groups in total. The van der Waals surface area contributed by atoms with Gasteiger partial charge in [-0.25, -0.2) is 0 Å². The first-order chi connectivity index (χ1) is 4.98. The third kappa shape index (κ3) is 5.25. The van der Waals surface area contributed by atoms with E-state index >= 15 is 0 Å². The summed E-state index contributed by atoms with van der Waals surface area (Å²) in [7, 11) is 2.02. The maximum atomic E-state index is 3.17. The van der Waals surface area contributed by atoms with Gasteiger partial charge in [-0.3, -0.25) is 0 Å². The summed E-state index contributed by atoms with van der Waals surface area (Å²) < 4.78 is 0. The molecule has 0 aliphatic rings. The van der Waals surface area contributed by atoms with E-state index in [1.807, 2.05) is 7.05 Å². The quantitative estimate of drug-likeness (QED) is 0.619. The molecule has 0 spiro atoms. The Bertz CT molecular complexity index is 91.5. The van der Waals surface area contributed by atoms with Crippen molar-refractivity contribution < 1.29 is 0 Å². The second-order valence-electron chi connectivity index (χ2n) is 4.51. The molecule has 0 radical (unpaired) electrons. The van der Waals surface area contributed by atoms with Crippen LogP contribution >= 0.6 is 0 Å². The van der Waals surface area contributed by atoms with Gasteiger partial charge in [-0.1, -0.05) is 27.7 Å². The second-order valence-corrected chi connectivity index (χ2v) is 4.51. The minimum atomic E-state index is 0.480. The molecular weight excluding hydrogens is 134 g/mol. The lowest BCUT2D eigenvalue weighted by Gasteiger charge is -2.27. The van der Waals surface area contributed by atoms with Crippen LogP contribution in [-0.2, 0) is 0 Å². The molecule has 11 heavy (non-hydrogen) atoms. The molecule has 0 aromatic carbocycles. The van der Waals surface area contributed by atoms with Crippen LogP contribution in [0.1, 0.15) is 40.5 Å². The number of rotatable bonds is 4. The summed E-state index contributed by atoms with van der Waals surface area (Å²) in [4.78, 5) is 0. The number of hydrogen-bond donors (Lipinski definition) is 1. The van der Waals surface area contributed by atoms with E-state index in [1.54, 1.807) is 0 Å². The van der Waals surface area contributed by atoms with Gasteiger partial charge in [-0.15, -0.1) is 0 Å². The Morgan fingerprint density at radius 2 is 1.82 bits per heavy atom. The zero-order valence-corrected chi connectivity index (χ0v) is 8.70. The Morgan fingerprint density at radius 1 is 1.27 bits per heavy atom. The molecule has 0 heterocycles. The molecule has 1 unspecified atom stereocenters.